The third kappa shape index (κ3) is 5.48. The minimum absolute atomic E-state index is 0.0451. The fourth-order valence-corrected chi connectivity index (χ4v) is 4.87. The highest BCUT2D eigenvalue weighted by atomic mass is 35.5. The van der Waals surface area contributed by atoms with Gasteiger partial charge in [0.15, 0.2) is 5.13 Å². The summed E-state index contributed by atoms with van der Waals surface area (Å²) in [6.07, 6.45) is 0. The van der Waals surface area contributed by atoms with Gasteiger partial charge < -0.3 is 15.8 Å². The maximum Gasteiger partial charge on any atom is 0.283 e. The number of hydrogen-bond donors (Lipinski definition) is 3. The molecule has 0 fully saturated rings. The first-order valence-electron chi connectivity index (χ1n) is 11.2. The van der Waals surface area contributed by atoms with Crippen LogP contribution in [0.5, 0.6) is 0 Å². The molecule has 3 aromatic carbocycles. The highest BCUT2D eigenvalue weighted by Crippen LogP contribution is 2.32. The second-order valence-electron chi connectivity index (χ2n) is 8.14. The number of rotatable bonds is 7. The molecule has 4 aromatic rings. The summed E-state index contributed by atoms with van der Waals surface area (Å²) in [4.78, 5) is 43.9. The van der Waals surface area contributed by atoms with Gasteiger partial charge in [-0.15, -0.1) is 11.3 Å². The summed E-state index contributed by atoms with van der Waals surface area (Å²) in [5, 5.41) is 27.6. The van der Waals surface area contributed by atoms with E-state index >= 15 is 0 Å². The lowest BCUT2D eigenvalue weighted by Crippen LogP contribution is -2.32. The van der Waals surface area contributed by atoms with Crippen LogP contribution in [0.4, 0.5) is 22.2 Å². The van der Waals surface area contributed by atoms with Gasteiger partial charge in [-0.1, -0.05) is 47.5 Å². The van der Waals surface area contributed by atoms with Crippen molar-refractivity contribution in [2.75, 3.05) is 20.8 Å². The number of amides is 3. The van der Waals surface area contributed by atoms with Crippen LogP contribution in [0.3, 0.4) is 0 Å². The predicted octanol–water partition coefficient (Wildman–Crippen LogP) is 5.84. The van der Waals surface area contributed by atoms with E-state index in [0.717, 1.165) is 4.90 Å². The number of aromatic nitrogens is 1. The third-order valence-electron chi connectivity index (χ3n) is 5.58. The topological polar surface area (TPSA) is 138 Å². The van der Waals surface area contributed by atoms with E-state index in [2.05, 4.69) is 15.6 Å². The highest BCUT2D eigenvalue weighted by Gasteiger charge is 2.39. The van der Waals surface area contributed by atoms with Gasteiger partial charge in [0, 0.05) is 27.2 Å². The summed E-state index contributed by atoms with van der Waals surface area (Å²) < 4.78 is 0. The van der Waals surface area contributed by atoms with Gasteiger partial charge in [0.2, 0.25) is 0 Å². The quantitative estimate of drug-likeness (QED) is 0.183. The predicted molar refractivity (Wildman–Crippen MR) is 150 cm³/mol. The van der Waals surface area contributed by atoms with E-state index in [1.807, 2.05) is 0 Å². The standard InChI is InChI=1S/C26H16Cl2N5O5S/c27-16-6-3-8-18(12-16)32-24(35)21(28)22(25(32)36)29-17-7-1-5-15(10-17)23(34)31-26-30-20(13-39-26)14-4-2-9-19(11-14)33(37)38/h1-13,29,37H,(H,30,31,34)/q-1. The molecule has 3 N–H and O–H groups in total. The number of thiazole rings is 1. The first-order chi connectivity index (χ1) is 18.7. The minimum Gasteiger partial charge on any atom is -0.733 e. The van der Waals surface area contributed by atoms with Crippen LogP contribution in [0.25, 0.3) is 11.3 Å². The largest absolute Gasteiger partial charge is 0.733 e. The number of nitrogens with zero attached hydrogens (tertiary/aromatic N) is 3. The number of benzene rings is 3. The smallest absolute Gasteiger partial charge is 0.283 e. The lowest BCUT2D eigenvalue weighted by Gasteiger charge is -2.21. The Morgan fingerprint density at radius 2 is 1.77 bits per heavy atom. The second-order valence-corrected chi connectivity index (χ2v) is 9.81. The van der Waals surface area contributed by atoms with Crippen molar-refractivity contribution in [2.24, 2.45) is 0 Å². The van der Waals surface area contributed by atoms with E-state index in [-0.39, 0.29) is 32.9 Å². The summed E-state index contributed by atoms with van der Waals surface area (Å²) in [6.45, 7) is 0. The normalized spacial score (nSPS) is 13.2. The molecule has 0 aliphatic carbocycles. The molecule has 0 atom stereocenters. The number of halogens is 2. The number of anilines is 4. The summed E-state index contributed by atoms with van der Waals surface area (Å²) in [5.74, 6) is -1.83. The molecule has 0 saturated carbocycles. The zero-order chi connectivity index (χ0) is 27.7. The van der Waals surface area contributed by atoms with Crippen molar-refractivity contribution in [3.63, 3.8) is 0 Å². The number of imide groups is 1. The summed E-state index contributed by atoms with van der Waals surface area (Å²) in [7, 11) is 0. The van der Waals surface area contributed by atoms with Gasteiger partial charge in [0.1, 0.15) is 10.7 Å². The maximum atomic E-state index is 13.0. The fourth-order valence-electron chi connectivity index (χ4n) is 3.76. The van der Waals surface area contributed by atoms with Crippen LogP contribution in [0.2, 0.25) is 5.02 Å². The Morgan fingerprint density at radius 3 is 2.54 bits per heavy atom. The Morgan fingerprint density at radius 1 is 1.00 bits per heavy atom. The first-order valence-corrected chi connectivity index (χ1v) is 12.8. The van der Waals surface area contributed by atoms with Crippen molar-refractivity contribution in [1.82, 2.24) is 4.98 Å². The van der Waals surface area contributed by atoms with Crippen molar-refractivity contribution < 1.29 is 19.6 Å². The number of hydrogen-bond acceptors (Lipinski definition) is 9. The SMILES string of the molecule is O=C(Nc1nc(-c2cccc(N([O-])O)c2)cs1)c1cccc(NC2=C(Cl)C(=O)N(c3cccc(Cl)c3)C2=O)c1. The molecule has 2 heterocycles. The minimum atomic E-state index is -0.701. The molecule has 1 aliphatic rings. The Balaban J connectivity index is 1.30. The highest BCUT2D eigenvalue weighted by molar-refractivity contribution is 7.14. The van der Waals surface area contributed by atoms with E-state index < -0.39 is 17.7 Å². The number of carbonyl (C=O) groups excluding carboxylic acids is 3. The van der Waals surface area contributed by atoms with Crippen LogP contribution in [-0.2, 0) is 9.59 Å². The van der Waals surface area contributed by atoms with E-state index in [4.69, 9.17) is 28.4 Å². The van der Waals surface area contributed by atoms with Crippen molar-refractivity contribution in [3.05, 3.63) is 105 Å². The lowest BCUT2D eigenvalue weighted by molar-refractivity contribution is -0.120. The molecule has 196 valence electrons. The third-order valence-corrected chi connectivity index (χ3v) is 6.92. The Kier molecular flexibility index (Phi) is 7.33. The summed E-state index contributed by atoms with van der Waals surface area (Å²) in [6, 6.07) is 18.8. The van der Waals surface area contributed by atoms with Crippen LogP contribution >= 0.6 is 34.5 Å². The van der Waals surface area contributed by atoms with Crippen LogP contribution < -0.4 is 20.8 Å². The average Bonchev–Trinajstić information content (AvgIpc) is 3.47. The molecular weight excluding hydrogens is 565 g/mol. The Bertz CT molecular complexity index is 1650. The van der Waals surface area contributed by atoms with Crippen molar-refractivity contribution in [1.29, 1.82) is 0 Å². The van der Waals surface area contributed by atoms with Gasteiger partial charge in [-0.25, -0.2) is 9.88 Å². The fraction of sp³-hybridized carbons (Fsp3) is 0. The zero-order valence-electron chi connectivity index (χ0n) is 19.6. The van der Waals surface area contributed by atoms with Gasteiger partial charge in [-0.2, -0.15) is 0 Å². The molecule has 0 radical (unpaired) electrons. The Hall–Kier alpha value is -4.26. The maximum absolute atomic E-state index is 13.0. The van der Waals surface area contributed by atoms with Crippen LogP contribution in [-0.4, -0.2) is 27.9 Å². The first kappa shape index (κ1) is 26.4. The van der Waals surface area contributed by atoms with Gasteiger partial charge in [-0.05, 0) is 48.5 Å². The van der Waals surface area contributed by atoms with Crippen molar-refractivity contribution in [2.45, 2.75) is 0 Å². The van der Waals surface area contributed by atoms with E-state index in [0.29, 0.717) is 27.1 Å². The molecule has 13 heteroatoms. The zero-order valence-corrected chi connectivity index (χ0v) is 21.9. The van der Waals surface area contributed by atoms with E-state index in [9.17, 15) is 19.6 Å². The monoisotopic (exact) mass is 580 g/mol. The number of carbonyl (C=O) groups is 3. The van der Waals surface area contributed by atoms with Crippen LogP contribution in [0.1, 0.15) is 10.4 Å². The van der Waals surface area contributed by atoms with Gasteiger partial charge in [0.05, 0.1) is 17.1 Å². The molecule has 1 aromatic heterocycles. The Labute approximate surface area is 235 Å². The average molecular weight is 581 g/mol. The van der Waals surface area contributed by atoms with Crippen molar-refractivity contribution >= 4 is 74.5 Å². The van der Waals surface area contributed by atoms with Gasteiger partial charge >= 0.3 is 0 Å². The van der Waals surface area contributed by atoms with Crippen LogP contribution in [0, 0.1) is 5.21 Å². The summed E-state index contributed by atoms with van der Waals surface area (Å²) >= 11 is 13.4. The summed E-state index contributed by atoms with van der Waals surface area (Å²) in [5.41, 5.74) is 1.88. The van der Waals surface area contributed by atoms with Gasteiger partial charge in [-0.3, -0.25) is 24.9 Å². The molecule has 5 rings (SSSR count). The second kappa shape index (κ2) is 10.8. The van der Waals surface area contributed by atoms with E-state index in [1.54, 1.807) is 53.9 Å². The molecule has 1 aliphatic heterocycles. The molecular formula is C26H16Cl2N5O5S-. The molecule has 39 heavy (non-hydrogen) atoms. The molecule has 0 spiro atoms. The van der Waals surface area contributed by atoms with Crippen LogP contribution in [0.15, 0.2) is 88.9 Å². The van der Waals surface area contributed by atoms with Crippen molar-refractivity contribution in [3.8, 4) is 11.3 Å². The lowest BCUT2D eigenvalue weighted by atomic mass is 10.1. The molecule has 0 bridgehead atoms. The molecule has 3 amide bonds. The number of nitrogens with one attached hydrogen (secondary N) is 2. The van der Waals surface area contributed by atoms with Gasteiger partial charge in [0.25, 0.3) is 17.7 Å². The molecule has 0 saturated heterocycles. The molecule has 0 unspecified atom stereocenters. The molecule has 10 nitrogen and oxygen atoms in total. The van der Waals surface area contributed by atoms with E-state index in [1.165, 1.54) is 35.6 Å².